The van der Waals surface area contributed by atoms with E-state index in [0.29, 0.717) is 11.8 Å². The number of hydrogen-bond acceptors (Lipinski definition) is 3. The Bertz CT molecular complexity index is 348. The molecule has 1 rings (SSSR count). The number of aliphatic hydroxyl groups excluding tert-OH is 1. The van der Waals surface area contributed by atoms with Crippen LogP contribution in [0.2, 0.25) is 0 Å². The molecule has 0 aliphatic heterocycles. The van der Waals surface area contributed by atoms with Gasteiger partial charge in [0.1, 0.15) is 5.76 Å². The molecule has 0 bridgehead atoms. The first-order chi connectivity index (χ1) is 8.65. The Morgan fingerprint density at radius 1 is 1.28 bits per heavy atom. The van der Waals surface area contributed by atoms with Crippen molar-refractivity contribution in [3.8, 4) is 0 Å². The van der Waals surface area contributed by atoms with E-state index in [2.05, 4.69) is 11.6 Å². The Morgan fingerprint density at radius 2 is 1.94 bits per heavy atom. The van der Waals surface area contributed by atoms with Crippen molar-refractivity contribution < 1.29 is 9.84 Å². The minimum absolute atomic E-state index is 0.123. The van der Waals surface area contributed by atoms with Gasteiger partial charge >= 0.3 is 0 Å². The highest BCUT2D eigenvalue weighted by atomic mass is 16.5. The second-order valence-corrected chi connectivity index (χ2v) is 4.53. The average Bonchev–Trinajstić information content (AvgIpc) is 2.40. The minimum atomic E-state index is -0.123. The van der Waals surface area contributed by atoms with Gasteiger partial charge in [-0.15, -0.1) is 0 Å². The summed E-state index contributed by atoms with van der Waals surface area (Å²) in [6.07, 6.45) is 11.2. The molecule has 1 fully saturated rings. The number of rotatable bonds is 5. The molecule has 1 saturated carbocycles. The SMILES string of the molecule is C=C(C=CC(C=NC1CCC(O)CC1)=CC)OC. The van der Waals surface area contributed by atoms with Crippen molar-refractivity contribution >= 4 is 6.21 Å². The van der Waals surface area contributed by atoms with Gasteiger partial charge in [-0.25, -0.2) is 0 Å². The molecule has 18 heavy (non-hydrogen) atoms. The van der Waals surface area contributed by atoms with Gasteiger partial charge in [-0.05, 0) is 44.3 Å². The van der Waals surface area contributed by atoms with E-state index in [1.54, 1.807) is 7.11 Å². The normalized spacial score (nSPS) is 25.8. The molecule has 0 spiro atoms. The number of aliphatic hydroxyl groups is 1. The third-order valence-electron chi connectivity index (χ3n) is 3.16. The van der Waals surface area contributed by atoms with E-state index in [9.17, 15) is 5.11 Å². The number of methoxy groups -OCH3 is 1. The van der Waals surface area contributed by atoms with Gasteiger partial charge in [-0.1, -0.05) is 18.7 Å². The summed E-state index contributed by atoms with van der Waals surface area (Å²) in [5.74, 6) is 0.628. The molecule has 0 aromatic rings. The van der Waals surface area contributed by atoms with Crippen LogP contribution >= 0.6 is 0 Å². The van der Waals surface area contributed by atoms with E-state index < -0.39 is 0 Å². The van der Waals surface area contributed by atoms with E-state index in [0.717, 1.165) is 31.3 Å². The van der Waals surface area contributed by atoms with Crippen LogP contribution in [0.25, 0.3) is 0 Å². The first kappa shape index (κ1) is 14.7. The molecule has 100 valence electrons. The molecule has 1 aliphatic rings. The molecule has 0 saturated heterocycles. The fraction of sp³-hybridized carbons (Fsp3) is 0.533. The van der Waals surface area contributed by atoms with Crippen molar-refractivity contribution in [2.45, 2.75) is 44.8 Å². The predicted octanol–water partition coefficient (Wildman–Crippen LogP) is 3.02. The van der Waals surface area contributed by atoms with Gasteiger partial charge in [0, 0.05) is 6.21 Å². The van der Waals surface area contributed by atoms with Crippen molar-refractivity contribution in [1.82, 2.24) is 0 Å². The van der Waals surface area contributed by atoms with Gasteiger partial charge in [-0.2, -0.15) is 0 Å². The first-order valence-electron chi connectivity index (χ1n) is 6.44. The lowest BCUT2D eigenvalue weighted by atomic mass is 9.93. The van der Waals surface area contributed by atoms with Gasteiger partial charge in [-0.3, -0.25) is 4.99 Å². The topological polar surface area (TPSA) is 41.8 Å². The Hall–Kier alpha value is -1.35. The molecule has 0 aromatic heterocycles. The summed E-state index contributed by atoms with van der Waals surface area (Å²) in [6, 6.07) is 0.349. The summed E-state index contributed by atoms with van der Waals surface area (Å²) in [5, 5.41) is 9.42. The molecule has 0 atom stereocenters. The second kappa shape index (κ2) is 7.88. The van der Waals surface area contributed by atoms with Gasteiger partial charge in [0.15, 0.2) is 0 Å². The summed E-state index contributed by atoms with van der Waals surface area (Å²) < 4.78 is 4.97. The van der Waals surface area contributed by atoms with Gasteiger partial charge in [0.2, 0.25) is 0 Å². The highest BCUT2D eigenvalue weighted by Gasteiger charge is 2.17. The Labute approximate surface area is 110 Å². The molecule has 0 heterocycles. The Morgan fingerprint density at radius 3 is 2.50 bits per heavy atom. The quantitative estimate of drug-likeness (QED) is 0.462. The highest BCUT2D eigenvalue weighted by molar-refractivity contribution is 5.82. The lowest BCUT2D eigenvalue weighted by Crippen LogP contribution is -2.20. The van der Waals surface area contributed by atoms with Gasteiger partial charge in [0.05, 0.1) is 19.3 Å². The molecular formula is C15H23NO2. The fourth-order valence-corrected chi connectivity index (χ4v) is 1.87. The maximum absolute atomic E-state index is 9.42. The highest BCUT2D eigenvalue weighted by Crippen LogP contribution is 2.20. The van der Waals surface area contributed by atoms with Crippen LogP contribution in [0.3, 0.4) is 0 Å². The van der Waals surface area contributed by atoms with Crippen LogP contribution < -0.4 is 0 Å². The third-order valence-corrected chi connectivity index (χ3v) is 3.16. The third kappa shape index (κ3) is 5.32. The first-order valence-corrected chi connectivity index (χ1v) is 6.44. The van der Waals surface area contributed by atoms with E-state index in [1.165, 1.54) is 0 Å². The van der Waals surface area contributed by atoms with Crippen LogP contribution in [0.5, 0.6) is 0 Å². The largest absolute Gasteiger partial charge is 0.497 e. The number of aliphatic imine (C=N–C) groups is 1. The maximum Gasteiger partial charge on any atom is 0.111 e. The maximum atomic E-state index is 9.42. The summed E-state index contributed by atoms with van der Waals surface area (Å²) in [5.41, 5.74) is 1.04. The molecule has 3 heteroatoms. The molecule has 1 N–H and O–H groups in total. The van der Waals surface area contributed by atoms with Crippen LogP contribution in [0.1, 0.15) is 32.6 Å². The molecule has 1 aliphatic carbocycles. The molecule has 0 radical (unpaired) electrons. The van der Waals surface area contributed by atoms with Crippen LogP contribution in [0, 0.1) is 0 Å². The Kier molecular flexibility index (Phi) is 6.44. The summed E-state index contributed by atoms with van der Waals surface area (Å²) >= 11 is 0. The molecule has 0 amide bonds. The summed E-state index contributed by atoms with van der Waals surface area (Å²) in [6.45, 7) is 5.71. The van der Waals surface area contributed by atoms with Crippen molar-refractivity contribution in [2.24, 2.45) is 4.99 Å². The van der Waals surface area contributed by atoms with Crippen molar-refractivity contribution in [2.75, 3.05) is 7.11 Å². The smallest absolute Gasteiger partial charge is 0.111 e. The van der Waals surface area contributed by atoms with E-state index >= 15 is 0 Å². The molecule has 0 unspecified atom stereocenters. The van der Waals surface area contributed by atoms with Crippen LogP contribution in [-0.4, -0.2) is 30.6 Å². The van der Waals surface area contributed by atoms with E-state index in [-0.39, 0.29) is 6.10 Å². The van der Waals surface area contributed by atoms with E-state index in [4.69, 9.17) is 4.74 Å². The second-order valence-electron chi connectivity index (χ2n) is 4.53. The summed E-state index contributed by atoms with van der Waals surface area (Å²) in [7, 11) is 1.60. The zero-order chi connectivity index (χ0) is 13.4. The monoisotopic (exact) mass is 249 g/mol. The Balaban J connectivity index is 2.48. The standard InChI is InChI=1S/C15H23NO2/c1-4-13(6-5-12(2)18-3)11-16-14-7-9-15(17)10-8-14/h4-6,11,14-15,17H,2,7-10H2,1,3H3. The average molecular weight is 249 g/mol. The molecule has 3 nitrogen and oxygen atoms in total. The van der Waals surface area contributed by atoms with Crippen LogP contribution in [0.15, 0.2) is 41.1 Å². The number of nitrogens with zero attached hydrogens (tertiary/aromatic N) is 1. The van der Waals surface area contributed by atoms with Crippen molar-refractivity contribution in [3.63, 3.8) is 0 Å². The van der Waals surface area contributed by atoms with Crippen LogP contribution in [-0.2, 0) is 4.74 Å². The number of allylic oxidation sites excluding steroid dienone is 4. The predicted molar refractivity (Wildman–Crippen MR) is 75.8 cm³/mol. The number of hydrogen-bond donors (Lipinski definition) is 1. The van der Waals surface area contributed by atoms with E-state index in [1.807, 2.05) is 31.4 Å². The van der Waals surface area contributed by atoms with Gasteiger partial charge < -0.3 is 9.84 Å². The van der Waals surface area contributed by atoms with Crippen molar-refractivity contribution in [3.05, 3.63) is 36.1 Å². The zero-order valence-electron chi connectivity index (χ0n) is 11.3. The lowest BCUT2D eigenvalue weighted by molar-refractivity contribution is 0.123. The molecule has 0 aromatic carbocycles. The number of ether oxygens (including phenoxy) is 1. The molecular weight excluding hydrogens is 226 g/mol. The van der Waals surface area contributed by atoms with Gasteiger partial charge in [0.25, 0.3) is 0 Å². The van der Waals surface area contributed by atoms with Crippen molar-refractivity contribution in [1.29, 1.82) is 0 Å². The lowest BCUT2D eigenvalue weighted by Gasteiger charge is -2.22. The zero-order valence-corrected chi connectivity index (χ0v) is 11.3. The summed E-state index contributed by atoms with van der Waals surface area (Å²) in [4.78, 5) is 4.57. The fourth-order valence-electron chi connectivity index (χ4n) is 1.87. The minimum Gasteiger partial charge on any atom is -0.497 e. The van der Waals surface area contributed by atoms with Crippen LogP contribution in [0.4, 0.5) is 0 Å².